The Labute approximate surface area is 171 Å². The Morgan fingerprint density at radius 2 is 1.83 bits per heavy atom. The van der Waals surface area contributed by atoms with Crippen molar-refractivity contribution in [3.63, 3.8) is 0 Å². The average molecular weight is 429 g/mol. The number of sulfone groups is 1. The van der Waals surface area contributed by atoms with Gasteiger partial charge in [-0.25, -0.2) is 17.8 Å². The maximum Gasteiger partial charge on any atom is 0.335 e. The van der Waals surface area contributed by atoms with Crippen molar-refractivity contribution in [3.05, 3.63) is 80.5 Å². The molecule has 3 N–H and O–H groups in total. The molecule has 30 heavy (non-hydrogen) atoms. The van der Waals surface area contributed by atoms with Gasteiger partial charge in [-0.1, -0.05) is 12.1 Å². The number of aliphatic imine (C=N–C) groups is 1. The number of hydrogen-bond donors (Lipinski definition) is 3. The van der Waals surface area contributed by atoms with Crippen molar-refractivity contribution in [1.82, 2.24) is 9.55 Å². The van der Waals surface area contributed by atoms with E-state index in [1.807, 2.05) is 13.0 Å². The van der Waals surface area contributed by atoms with E-state index in [1.54, 1.807) is 18.2 Å². The summed E-state index contributed by atoms with van der Waals surface area (Å²) < 4.78 is 24.8. The summed E-state index contributed by atoms with van der Waals surface area (Å²) in [5.74, 6) is -0.959. The zero-order chi connectivity index (χ0) is 21.9. The number of rotatable bonds is 6. The lowest BCUT2D eigenvalue weighted by molar-refractivity contribution is 0.319. The molecule has 3 rings (SSSR count). The minimum Gasteiger partial charge on any atom is -0.493 e. The second kappa shape index (κ2) is 8.47. The van der Waals surface area contributed by atoms with Crippen molar-refractivity contribution < 1.29 is 18.6 Å². The number of aliphatic hydroxyl groups is 1. The van der Waals surface area contributed by atoms with Crippen molar-refractivity contribution in [2.24, 2.45) is 4.99 Å². The fraction of sp³-hybridized carbons (Fsp3) is 0.150. The lowest BCUT2D eigenvalue weighted by atomic mass is 10.2. The molecular formula is C20H19N3O6S. The van der Waals surface area contributed by atoms with Crippen LogP contribution >= 0.6 is 0 Å². The highest BCUT2D eigenvalue weighted by Crippen LogP contribution is 2.19. The van der Waals surface area contributed by atoms with Crippen LogP contribution in [-0.4, -0.2) is 46.8 Å². The van der Waals surface area contributed by atoms with Gasteiger partial charge < -0.3 is 10.2 Å². The molecule has 0 radical (unpaired) electrons. The highest BCUT2D eigenvalue weighted by molar-refractivity contribution is 7.91. The number of benzene rings is 2. The van der Waals surface area contributed by atoms with E-state index < -0.39 is 33.6 Å². The standard InChI is InChI=1S/C20H19N3O6S/c1-13-3-2-4-15(11-13)23-19(26)17(18(25)22-20(23)27)12-21-14-5-7-16(8-6-14)30(28,29)10-9-24/h2-8,11-12,24,26H,9-10H2,1H3,(H,22,25,27). The zero-order valence-corrected chi connectivity index (χ0v) is 16.8. The van der Waals surface area contributed by atoms with Crippen LogP contribution in [0.1, 0.15) is 11.1 Å². The van der Waals surface area contributed by atoms with Gasteiger partial charge >= 0.3 is 5.69 Å². The fourth-order valence-corrected chi connectivity index (χ4v) is 3.80. The van der Waals surface area contributed by atoms with E-state index in [4.69, 9.17) is 5.11 Å². The number of nitrogens with one attached hydrogen (secondary N) is 1. The minimum absolute atomic E-state index is 0.0317. The molecule has 0 atom stereocenters. The third-order valence-electron chi connectivity index (χ3n) is 4.28. The Morgan fingerprint density at radius 1 is 1.13 bits per heavy atom. The van der Waals surface area contributed by atoms with Crippen molar-refractivity contribution >= 4 is 21.7 Å². The van der Waals surface area contributed by atoms with Gasteiger partial charge in [-0.3, -0.25) is 14.8 Å². The number of H-pyrrole nitrogens is 1. The molecule has 1 heterocycles. The smallest absolute Gasteiger partial charge is 0.335 e. The van der Waals surface area contributed by atoms with Gasteiger partial charge in [0.1, 0.15) is 5.56 Å². The molecule has 156 valence electrons. The summed E-state index contributed by atoms with van der Waals surface area (Å²) in [5, 5.41) is 19.4. The van der Waals surface area contributed by atoms with Crippen LogP contribution in [0.2, 0.25) is 0 Å². The van der Waals surface area contributed by atoms with Crippen LogP contribution in [0.3, 0.4) is 0 Å². The van der Waals surface area contributed by atoms with Crippen LogP contribution < -0.4 is 11.2 Å². The largest absolute Gasteiger partial charge is 0.493 e. The third-order valence-corrected chi connectivity index (χ3v) is 5.99. The average Bonchev–Trinajstić information content (AvgIpc) is 2.68. The number of hydrogen-bond acceptors (Lipinski definition) is 7. The first-order valence-electron chi connectivity index (χ1n) is 8.86. The summed E-state index contributed by atoms with van der Waals surface area (Å²) >= 11 is 0. The molecule has 0 spiro atoms. The minimum atomic E-state index is -3.59. The first-order valence-corrected chi connectivity index (χ1v) is 10.5. The second-order valence-electron chi connectivity index (χ2n) is 6.47. The summed E-state index contributed by atoms with van der Waals surface area (Å²) in [6.45, 7) is 1.34. The second-order valence-corrected chi connectivity index (χ2v) is 8.57. The fourth-order valence-electron chi connectivity index (χ4n) is 2.78. The Hall–Kier alpha value is -3.50. The lowest BCUT2D eigenvalue weighted by Crippen LogP contribution is -2.31. The van der Waals surface area contributed by atoms with Crippen LogP contribution in [0.15, 0.2) is 68.0 Å². The molecule has 0 unspecified atom stereocenters. The van der Waals surface area contributed by atoms with Gasteiger partial charge in [0, 0.05) is 6.21 Å². The monoisotopic (exact) mass is 429 g/mol. The summed E-state index contributed by atoms with van der Waals surface area (Å²) in [6, 6.07) is 12.3. The third kappa shape index (κ3) is 4.39. The molecule has 0 aliphatic rings. The Kier molecular flexibility index (Phi) is 5.99. The van der Waals surface area contributed by atoms with Gasteiger partial charge in [0.25, 0.3) is 5.56 Å². The van der Waals surface area contributed by atoms with Crippen molar-refractivity contribution in [3.8, 4) is 11.6 Å². The van der Waals surface area contributed by atoms with Gasteiger partial charge in [-0.2, -0.15) is 0 Å². The number of nitrogens with zero attached hydrogens (tertiary/aromatic N) is 2. The van der Waals surface area contributed by atoms with Crippen LogP contribution in [-0.2, 0) is 9.84 Å². The molecule has 10 heteroatoms. The van der Waals surface area contributed by atoms with E-state index in [-0.39, 0.29) is 16.2 Å². The SMILES string of the molecule is Cc1cccc(-n2c(O)c(C=Nc3ccc(S(=O)(=O)CCO)cc3)c(=O)[nH]c2=O)c1. The van der Waals surface area contributed by atoms with Crippen molar-refractivity contribution in [2.75, 3.05) is 12.4 Å². The molecule has 3 aromatic rings. The molecule has 0 aliphatic heterocycles. The predicted octanol–water partition coefficient (Wildman–Crippen LogP) is 1.06. The van der Waals surface area contributed by atoms with Gasteiger partial charge in [0.05, 0.1) is 28.6 Å². The highest BCUT2D eigenvalue weighted by Gasteiger charge is 2.15. The Morgan fingerprint density at radius 3 is 2.47 bits per heavy atom. The molecule has 0 amide bonds. The molecule has 0 aliphatic carbocycles. The Balaban J connectivity index is 1.99. The summed E-state index contributed by atoms with van der Waals surface area (Å²) in [7, 11) is -3.59. The number of aliphatic hydroxyl groups excluding tert-OH is 1. The molecule has 1 aromatic heterocycles. The number of aromatic amines is 1. The predicted molar refractivity (Wildman–Crippen MR) is 112 cm³/mol. The van der Waals surface area contributed by atoms with Crippen LogP contribution in [0.4, 0.5) is 5.69 Å². The normalized spacial score (nSPS) is 11.8. The van der Waals surface area contributed by atoms with Crippen molar-refractivity contribution in [1.29, 1.82) is 0 Å². The van der Waals surface area contributed by atoms with Gasteiger partial charge in [0.15, 0.2) is 9.84 Å². The van der Waals surface area contributed by atoms with E-state index >= 15 is 0 Å². The van der Waals surface area contributed by atoms with Gasteiger partial charge in [-0.15, -0.1) is 0 Å². The molecule has 0 fully saturated rings. The highest BCUT2D eigenvalue weighted by atomic mass is 32.2. The maximum absolute atomic E-state index is 12.2. The summed E-state index contributed by atoms with van der Waals surface area (Å²) in [4.78, 5) is 30.6. The van der Waals surface area contributed by atoms with Gasteiger partial charge in [0.2, 0.25) is 5.88 Å². The van der Waals surface area contributed by atoms with Crippen LogP contribution in [0.5, 0.6) is 5.88 Å². The molecule has 9 nitrogen and oxygen atoms in total. The lowest BCUT2D eigenvalue weighted by Gasteiger charge is -2.10. The molecule has 0 saturated carbocycles. The van der Waals surface area contributed by atoms with E-state index in [0.29, 0.717) is 11.4 Å². The quantitative estimate of drug-likeness (QED) is 0.500. The number of aromatic hydroxyl groups is 1. The topological polar surface area (TPSA) is 142 Å². The number of aromatic nitrogens is 2. The first kappa shape index (κ1) is 21.2. The first-order chi connectivity index (χ1) is 14.2. The Bertz CT molecular complexity index is 1320. The zero-order valence-electron chi connectivity index (χ0n) is 15.9. The van der Waals surface area contributed by atoms with E-state index in [2.05, 4.69) is 9.98 Å². The molecule has 0 saturated heterocycles. The van der Waals surface area contributed by atoms with Crippen LogP contribution in [0, 0.1) is 6.92 Å². The van der Waals surface area contributed by atoms with Crippen molar-refractivity contribution in [2.45, 2.75) is 11.8 Å². The maximum atomic E-state index is 12.2. The van der Waals surface area contributed by atoms with E-state index in [0.717, 1.165) is 16.3 Å². The molecule has 2 aromatic carbocycles. The molecule has 0 bridgehead atoms. The van der Waals surface area contributed by atoms with E-state index in [9.17, 15) is 23.1 Å². The summed E-state index contributed by atoms with van der Waals surface area (Å²) in [5.41, 5.74) is -0.276. The molecular weight excluding hydrogens is 410 g/mol. The number of aryl methyl sites for hydroxylation is 1. The van der Waals surface area contributed by atoms with Crippen LogP contribution in [0.25, 0.3) is 5.69 Å². The summed E-state index contributed by atoms with van der Waals surface area (Å²) in [6.07, 6.45) is 1.09. The van der Waals surface area contributed by atoms with E-state index in [1.165, 1.54) is 24.3 Å². The van der Waals surface area contributed by atoms with Gasteiger partial charge in [-0.05, 0) is 48.9 Å².